The average Bonchev–Trinajstić information content (AvgIpc) is 3.05. The van der Waals surface area contributed by atoms with Crippen molar-refractivity contribution in [2.75, 3.05) is 0 Å². The standard InChI is InChI=1S/C24H24N.2ClH.Ti/c1-24(2,3)25-16-18-10-5-7-12-20(18)22-14-8-13-21-19-11-6-4-9-17(19)15-23(21)22;;;/h4-14H,15-16H2,1-3H3;2*1H;/q-1;;;+2/p-2. The SMILES string of the molecule is CC(C)(C)[N-]Cc1ccccc1-c1cccc2c1Cc1ccccc1-2.[Cl][Ti][Cl]. The van der Waals surface area contributed by atoms with Gasteiger partial charge >= 0.3 is 35.6 Å². The number of benzene rings is 3. The summed E-state index contributed by atoms with van der Waals surface area (Å²) < 4.78 is 0. The molecule has 0 fully saturated rings. The first kappa shape index (κ1) is 21.6. The van der Waals surface area contributed by atoms with Gasteiger partial charge in [-0.3, -0.25) is 0 Å². The van der Waals surface area contributed by atoms with Crippen LogP contribution < -0.4 is 0 Å². The first-order valence-electron chi connectivity index (χ1n) is 9.38. The van der Waals surface area contributed by atoms with E-state index >= 15 is 0 Å². The van der Waals surface area contributed by atoms with Crippen LogP contribution in [-0.4, -0.2) is 5.54 Å². The quantitative estimate of drug-likeness (QED) is 0.284. The fourth-order valence-electron chi connectivity index (χ4n) is 3.65. The van der Waals surface area contributed by atoms with Crippen LogP contribution in [0.4, 0.5) is 0 Å². The number of rotatable bonds is 3. The first-order valence-corrected chi connectivity index (χ1v) is 13.7. The van der Waals surface area contributed by atoms with Crippen LogP contribution in [0.1, 0.15) is 37.5 Å². The monoisotopic (exact) mass is 444 g/mol. The third-order valence-corrected chi connectivity index (χ3v) is 4.88. The Balaban J connectivity index is 0.000000706. The Morgan fingerprint density at radius 3 is 2.00 bits per heavy atom. The molecule has 0 bridgehead atoms. The Hall–Kier alpha value is -1.09. The second-order valence-electron chi connectivity index (χ2n) is 7.88. The van der Waals surface area contributed by atoms with Gasteiger partial charge in [0.25, 0.3) is 0 Å². The van der Waals surface area contributed by atoms with Crippen LogP contribution in [-0.2, 0) is 30.0 Å². The van der Waals surface area contributed by atoms with Gasteiger partial charge in [0.1, 0.15) is 0 Å². The molecule has 3 aromatic rings. The molecule has 28 heavy (non-hydrogen) atoms. The number of nitrogens with zero attached hydrogens (tertiary/aromatic N) is 1. The van der Waals surface area contributed by atoms with Crippen molar-refractivity contribution < 1.29 is 17.0 Å². The predicted octanol–water partition coefficient (Wildman–Crippen LogP) is 7.97. The second kappa shape index (κ2) is 9.61. The topological polar surface area (TPSA) is 14.1 Å². The van der Waals surface area contributed by atoms with E-state index in [4.69, 9.17) is 23.9 Å². The molecule has 0 amide bonds. The molecule has 4 heteroatoms. The molecular weight excluding hydrogens is 421 g/mol. The Bertz CT molecular complexity index is 947. The van der Waals surface area contributed by atoms with Gasteiger partial charge in [-0.2, -0.15) is 0 Å². The van der Waals surface area contributed by atoms with E-state index in [0.29, 0.717) is 0 Å². The Morgan fingerprint density at radius 1 is 0.786 bits per heavy atom. The summed E-state index contributed by atoms with van der Waals surface area (Å²) in [6.07, 6.45) is 1.02. The van der Waals surface area contributed by atoms with Gasteiger partial charge < -0.3 is 5.32 Å². The summed E-state index contributed by atoms with van der Waals surface area (Å²) in [4.78, 5) is 0. The van der Waals surface area contributed by atoms with E-state index in [1.54, 1.807) is 0 Å². The summed E-state index contributed by atoms with van der Waals surface area (Å²) in [5, 5.41) is 4.85. The molecule has 0 saturated heterocycles. The molecule has 0 unspecified atom stereocenters. The van der Waals surface area contributed by atoms with Crippen LogP contribution in [0.5, 0.6) is 0 Å². The zero-order valence-corrected chi connectivity index (χ0v) is 19.5. The van der Waals surface area contributed by atoms with Crippen molar-refractivity contribution in [3.8, 4) is 22.3 Å². The van der Waals surface area contributed by atoms with E-state index in [1.807, 2.05) is 0 Å². The number of fused-ring (bicyclic) bond motifs is 3. The molecule has 144 valence electrons. The zero-order valence-electron chi connectivity index (χ0n) is 16.5. The van der Waals surface area contributed by atoms with Crippen molar-refractivity contribution in [3.63, 3.8) is 0 Å². The third kappa shape index (κ3) is 5.09. The van der Waals surface area contributed by atoms with Gasteiger partial charge in [0.2, 0.25) is 0 Å². The molecule has 1 aliphatic carbocycles. The molecule has 0 spiro atoms. The van der Waals surface area contributed by atoms with Gasteiger partial charge in [-0.1, -0.05) is 93.1 Å². The van der Waals surface area contributed by atoms with E-state index in [-0.39, 0.29) is 5.54 Å². The van der Waals surface area contributed by atoms with Crippen molar-refractivity contribution in [2.45, 2.75) is 39.3 Å². The molecule has 0 radical (unpaired) electrons. The van der Waals surface area contributed by atoms with E-state index < -0.39 is 17.0 Å². The molecule has 4 rings (SSSR count). The van der Waals surface area contributed by atoms with Crippen LogP contribution in [0.25, 0.3) is 27.6 Å². The summed E-state index contributed by atoms with van der Waals surface area (Å²) in [6, 6.07) is 24.2. The summed E-state index contributed by atoms with van der Waals surface area (Å²) in [7, 11) is 9.78. The third-order valence-electron chi connectivity index (χ3n) is 4.88. The average molecular weight is 445 g/mol. The zero-order chi connectivity index (χ0) is 20.1. The van der Waals surface area contributed by atoms with Crippen LogP contribution in [0.2, 0.25) is 0 Å². The van der Waals surface area contributed by atoms with Gasteiger partial charge in [-0.05, 0) is 39.8 Å². The minimum atomic E-state index is -0.556. The van der Waals surface area contributed by atoms with Crippen LogP contribution in [0, 0.1) is 0 Å². The van der Waals surface area contributed by atoms with Gasteiger partial charge in [-0.25, -0.2) is 0 Å². The summed E-state index contributed by atoms with van der Waals surface area (Å²) in [6.45, 7) is 7.24. The molecule has 3 aromatic carbocycles. The van der Waals surface area contributed by atoms with Gasteiger partial charge in [0, 0.05) is 0 Å². The van der Waals surface area contributed by atoms with E-state index in [0.717, 1.165) is 13.0 Å². The van der Waals surface area contributed by atoms with Gasteiger partial charge in [0.15, 0.2) is 0 Å². The minimum absolute atomic E-state index is 0.0119. The van der Waals surface area contributed by atoms with Crippen LogP contribution >= 0.6 is 18.6 Å². The molecule has 0 aliphatic heterocycles. The van der Waals surface area contributed by atoms with Crippen LogP contribution in [0.3, 0.4) is 0 Å². The summed E-state index contributed by atoms with van der Waals surface area (Å²) in [5.74, 6) is 0. The van der Waals surface area contributed by atoms with Gasteiger partial charge in [0.05, 0.1) is 0 Å². The number of halogens is 2. The molecule has 0 atom stereocenters. The molecule has 1 nitrogen and oxygen atoms in total. The Morgan fingerprint density at radius 2 is 1.32 bits per heavy atom. The Labute approximate surface area is 185 Å². The van der Waals surface area contributed by atoms with Crippen molar-refractivity contribution in [2.24, 2.45) is 0 Å². The molecule has 0 N–H and O–H groups in total. The summed E-state index contributed by atoms with van der Waals surface area (Å²) >= 11 is -0.556. The Kier molecular flexibility index (Phi) is 7.42. The second-order valence-corrected chi connectivity index (χ2v) is 10.5. The van der Waals surface area contributed by atoms with Crippen molar-refractivity contribution >= 4 is 18.6 Å². The first-order chi connectivity index (χ1) is 13.4. The van der Waals surface area contributed by atoms with Crippen LogP contribution in [0.15, 0.2) is 66.7 Å². The maximum absolute atomic E-state index is 4.89. The fourth-order valence-corrected chi connectivity index (χ4v) is 3.65. The fraction of sp³-hybridized carbons (Fsp3) is 0.250. The van der Waals surface area contributed by atoms with Crippen molar-refractivity contribution in [1.29, 1.82) is 0 Å². The van der Waals surface area contributed by atoms with E-state index in [2.05, 4.69) is 87.5 Å². The van der Waals surface area contributed by atoms with E-state index in [1.165, 1.54) is 38.9 Å². The maximum atomic E-state index is 4.89. The summed E-state index contributed by atoms with van der Waals surface area (Å²) in [5.41, 5.74) is 9.62. The molecule has 0 saturated carbocycles. The number of hydrogen-bond donors (Lipinski definition) is 0. The van der Waals surface area contributed by atoms with Gasteiger partial charge in [-0.15, -0.1) is 12.1 Å². The van der Waals surface area contributed by atoms with E-state index in [9.17, 15) is 0 Å². The van der Waals surface area contributed by atoms with Crippen molar-refractivity contribution in [1.82, 2.24) is 0 Å². The molecule has 1 aliphatic rings. The molecule has 0 aromatic heterocycles. The normalized spacial score (nSPS) is 11.9. The number of hydrogen-bond acceptors (Lipinski definition) is 0. The molecular formula is C24H24Cl2NTi-. The predicted molar refractivity (Wildman–Crippen MR) is 119 cm³/mol. The van der Waals surface area contributed by atoms with Crippen molar-refractivity contribution in [3.05, 3.63) is 88.7 Å². The molecule has 0 heterocycles.